The molecular formula is C85H81ClFN9O12. The van der Waals surface area contributed by atoms with Gasteiger partial charge in [-0.3, -0.25) is 43.3 Å². The lowest BCUT2D eigenvalue weighted by molar-refractivity contribution is -0.118. The van der Waals surface area contributed by atoms with Crippen molar-refractivity contribution in [1.29, 1.82) is 0 Å². The Bertz CT molecular complexity index is 4430. The Kier molecular flexibility index (Phi) is 27.8. The van der Waals surface area contributed by atoms with Crippen LogP contribution in [0.1, 0.15) is 129 Å². The van der Waals surface area contributed by atoms with Gasteiger partial charge in [0, 0.05) is 99.3 Å². The van der Waals surface area contributed by atoms with Gasteiger partial charge in [-0.1, -0.05) is 136 Å². The van der Waals surface area contributed by atoms with E-state index in [-0.39, 0.29) is 78.1 Å². The zero-order chi connectivity index (χ0) is 77.6. The molecule has 0 aliphatic carbocycles. The minimum Gasteiger partial charge on any atom is -0.449 e. The summed E-state index contributed by atoms with van der Waals surface area (Å²) in [6, 6.07) is 47.4. The molecule has 0 bridgehead atoms. The number of pyridine rings is 1. The highest BCUT2D eigenvalue weighted by atomic mass is 35.5. The van der Waals surface area contributed by atoms with Gasteiger partial charge < -0.3 is 37.3 Å². The normalized spacial score (nSPS) is 10.6. The molecule has 5 aromatic heterocycles. The molecule has 0 aliphatic heterocycles. The van der Waals surface area contributed by atoms with Crippen molar-refractivity contribution in [2.45, 2.75) is 92.9 Å². The number of halogens is 2. The Hall–Kier alpha value is -12.7. The zero-order valence-corrected chi connectivity index (χ0v) is 62.3. The standard InChI is InChI=1S/C22H22N2O3.C21H19ClN2O3.C21H19FN2O3.C21H21N3O3/c1-4-22(26)24(3)19-10-9-18(13-15(19)2)16-5-7-17(8-6-16)20(25)14-21-23-11-12-27-21;2*1-3-21(26)24(2)18-9-8-16(12-17(18)22)14-4-6-15(7-5-14)19(25)13-20-23-10-11-27-20;1-4-21(26)24(3)18-8-6-15(11-14(18)2)17-7-5-16(13-23-17)19(25)12-20-22-9-10-27-20/h5-13H,4,14H2,1-3H3;2*4-12H,3,13H2,1-2H3;5-11,13H,4,12H2,1-3H3. The molecule has 5 heterocycles. The highest BCUT2D eigenvalue weighted by Gasteiger charge is 2.20. The molecule has 7 aromatic carbocycles. The van der Waals surface area contributed by atoms with Crippen LogP contribution < -0.4 is 19.6 Å². The molecule has 0 spiro atoms. The molecule has 108 heavy (non-hydrogen) atoms. The lowest BCUT2D eigenvalue weighted by atomic mass is 9.99. The maximum atomic E-state index is 14.4. The molecule has 4 amide bonds. The van der Waals surface area contributed by atoms with E-state index in [1.807, 2.05) is 126 Å². The second kappa shape index (κ2) is 37.8. The molecule has 12 aromatic rings. The summed E-state index contributed by atoms with van der Waals surface area (Å²) < 4.78 is 34.9. The molecular weight excluding hydrogens is 1390 g/mol. The van der Waals surface area contributed by atoms with Crippen LogP contribution in [0.2, 0.25) is 5.02 Å². The van der Waals surface area contributed by atoms with Crippen LogP contribution in [-0.2, 0) is 44.9 Å². The Labute approximate surface area is 630 Å². The van der Waals surface area contributed by atoms with Crippen LogP contribution in [0.25, 0.3) is 44.6 Å². The first-order valence-electron chi connectivity index (χ1n) is 34.8. The molecule has 0 aliphatic rings. The average Bonchev–Trinajstić information content (AvgIpc) is 0.947. The summed E-state index contributed by atoms with van der Waals surface area (Å²) in [7, 11) is 6.84. The van der Waals surface area contributed by atoms with Crippen LogP contribution in [0, 0.1) is 19.7 Å². The molecule has 0 radical (unpaired) electrons. The van der Waals surface area contributed by atoms with Gasteiger partial charge in [-0.15, -0.1) is 0 Å². The van der Waals surface area contributed by atoms with Gasteiger partial charge in [0.05, 0.1) is 72.6 Å². The van der Waals surface area contributed by atoms with E-state index in [1.54, 1.807) is 111 Å². The topological polar surface area (TPSA) is 267 Å². The number of oxazole rings is 4. The number of hydrogen-bond donors (Lipinski definition) is 0. The van der Waals surface area contributed by atoms with Gasteiger partial charge in [-0.2, -0.15) is 0 Å². The van der Waals surface area contributed by atoms with E-state index < -0.39 is 5.82 Å². The number of rotatable bonds is 24. The van der Waals surface area contributed by atoms with Crippen molar-refractivity contribution in [1.82, 2.24) is 24.9 Å². The van der Waals surface area contributed by atoms with Crippen molar-refractivity contribution in [3.05, 3.63) is 282 Å². The number of aryl methyl sites for hydroxylation is 2. The number of benzene rings is 7. The van der Waals surface area contributed by atoms with E-state index in [2.05, 4.69) is 31.0 Å². The van der Waals surface area contributed by atoms with Crippen LogP contribution in [0.15, 0.2) is 231 Å². The third-order valence-electron chi connectivity index (χ3n) is 17.6. The van der Waals surface area contributed by atoms with Gasteiger partial charge in [0.2, 0.25) is 47.2 Å². The van der Waals surface area contributed by atoms with E-state index in [0.717, 1.165) is 61.6 Å². The van der Waals surface area contributed by atoms with Gasteiger partial charge in [0.15, 0.2) is 23.1 Å². The molecule has 0 atom stereocenters. The molecule has 0 saturated carbocycles. The first kappa shape index (κ1) is 79.4. The molecule has 0 saturated heterocycles. The van der Waals surface area contributed by atoms with Gasteiger partial charge >= 0.3 is 0 Å². The SMILES string of the molecule is CCC(=O)N(C)c1ccc(-c2ccc(C(=O)Cc3ncco3)cc2)cc1C.CCC(=O)N(C)c1ccc(-c2ccc(C(=O)Cc3ncco3)cc2)cc1Cl.CCC(=O)N(C)c1ccc(-c2ccc(C(=O)Cc3ncco3)cc2)cc1F.CCC(=O)N(C)c1ccc(-c2ccc(C(=O)Cc3ncco3)cn2)cc1C. The second-order valence-electron chi connectivity index (χ2n) is 24.8. The number of amides is 4. The summed E-state index contributed by atoms with van der Waals surface area (Å²) in [5, 5.41) is 0.501. The zero-order valence-electron chi connectivity index (χ0n) is 61.5. The highest BCUT2D eigenvalue weighted by molar-refractivity contribution is 6.34. The summed E-state index contributed by atoms with van der Waals surface area (Å²) in [5.74, 6) is 0.805. The van der Waals surface area contributed by atoms with Crippen molar-refractivity contribution >= 4 is 81.1 Å². The molecule has 0 unspecified atom stereocenters. The molecule has 21 nitrogen and oxygen atoms in total. The van der Waals surface area contributed by atoms with Crippen molar-refractivity contribution in [2.75, 3.05) is 47.8 Å². The third kappa shape index (κ3) is 20.8. The van der Waals surface area contributed by atoms with E-state index in [1.165, 1.54) is 60.8 Å². The predicted octanol–water partition coefficient (Wildman–Crippen LogP) is 17.4. The lowest BCUT2D eigenvalue weighted by Gasteiger charge is -2.19. The van der Waals surface area contributed by atoms with Gasteiger partial charge in [0.1, 0.15) is 30.9 Å². The quantitative estimate of drug-likeness (QED) is 0.0509. The Morgan fingerprint density at radius 1 is 0.343 bits per heavy atom. The summed E-state index contributed by atoms with van der Waals surface area (Å²) in [5.41, 5.74) is 14.0. The molecule has 12 rings (SSSR count). The average molecular weight is 1480 g/mol. The molecule has 23 heteroatoms. The van der Waals surface area contributed by atoms with E-state index in [9.17, 15) is 42.7 Å². The number of aromatic nitrogens is 5. The van der Waals surface area contributed by atoms with Crippen LogP contribution in [0.3, 0.4) is 0 Å². The molecule has 0 fully saturated rings. The Balaban J connectivity index is 0.000000166. The molecule has 552 valence electrons. The van der Waals surface area contributed by atoms with E-state index in [0.29, 0.717) is 87.8 Å². The summed E-state index contributed by atoms with van der Waals surface area (Å²) >= 11 is 6.37. The lowest BCUT2D eigenvalue weighted by Crippen LogP contribution is -2.25. The fourth-order valence-electron chi connectivity index (χ4n) is 11.4. The Morgan fingerprint density at radius 3 is 0.944 bits per heavy atom. The van der Waals surface area contributed by atoms with Crippen LogP contribution in [0.4, 0.5) is 27.1 Å². The smallest absolute Gasteiger partial charge is 0.226 e. The first-order chi connectivity index (χ1) is 52.0. The van der Waals surface area contributed by atoms with Crippen LogP contribution in [0.5, 0.6) is 0 Å². The van der Waals surface area contributed by atoms with Crippen LogP contribution >= 0.6 is 11.6 Å². The maximum Gasteiger partial charge on any atom is 0.226 e. The fourth-order valence-corrected chi connectivity index (χ4v) is 11.7. The van der Waals surface area contributed by atoms with E-state index in [4.69, 9.17) is 29.3 Å². The minimum atomic E-state index is -0.471. The highest BCUT2D eigenvalue weighted by Crippen LogP contribution is 2.34. The first-order valence-corrected chi connectivity index (χ1v) is 35.2. The molecule has 0 N–H and O–H groups in total. The number of carbonyl (C=O) groups is 8. The fraction of sp³-hybridized carbons (Fsp3) is 0.212. The third-order valence-corrected chi connectivity index (χ3v) is 17.9. The number of ketones is 4. The summed E-state index contributed by atoms with van der Waals surface area (Å²) in [6.07, 6.45) is 15.5. The number of carbonyl (C=O) groups excluding carboxylic acids is 8. The van der Waals surface area contributed by atoms with E-state index >= 15 is 0 Å². The monoisotopic (exact) mass is 1470 g/mol. The Morgan fingerprint density at radius 2 is 0.630 bits per heavy atom. The van der Waals surface area contributed by atoms with Crippen molar-refractivity contribution < 1.29 is 60.4 Å². The van der Waals surface area contributed by atoms with Crippen molar-refractivity contribution in [3.63, 3.8) is 0 Å². The van der Waals surface area contributed by atoms with Crippen molar-refractivity contribution in [3.8, 4) is 44.6 Å². The number of anilines is 4. The minimum absolute atomic E-state index is 0.00133. The number of Topliss-reactive ketones (excluding diaryl/α,β-unsaturated/α-hetero) is 4. The van der Waals surface area contributed by atoms with Gasteiger partial charge in [-0.05, 0) is 119 Å². The maximum absolute atomic E-state index is 14.4. The number of nitrogens with zero attached hydrogens (tertiary/aromatic N) is 9. The van der Waals surface area contributed by atoms with Gasteiger partial charge in [-0.25, -0.2) is 24.3 Å². The largest absolute Gasteiger partial charge is 0.449 e. The summed E-state index contributed by atoms with van der Waals surface area (Å²) in [4.78, 5) is 123. The second-order valence-corrected chi connectivity index (χ2v) is 25.2. The predicted molar refractivity (Wildman–Crippen MR) is 413 cm³/mol. The summed E-state index contributed by atoms with van der Waals surface area (Å²) in [6.45, 7) is 11.2. The van der Waals surface area contributed by atoms with Crippen molar-refractivity contribution in [2.24, 2.45) is 0 Å². The van der Waals surface area contributed by atoms with Crippen LogP contribution in [-0.4, -0.2) is 99.9 Å². The van der Waals surface area contributed by atoms with Gasteiger partial charge in [0.25, 0.3) is 0 Å². The number of hydrogen-bond acceptors (Lipinski definition) is 17.